The van der Waals surface area contributed by atoms with Gasteiger partial charge in [0.2, 0.25) is 0 Å². The first-order valence-electron chi connectivity index (χ1n) is 15.0. The Morgan fingerprint density at radius 1 is 0.512 bits per heavy atom. The van der Waals surface area contributed by atoms with Crippen LogP contribution >= 0.6 is 0 Å². The van der Waals surface area contributed by atoms with Gasteiger partial charge in [-0.3, -0.25) is 0 Å². The first kappa shape index (κ1) is 33.6. The fourth-order valence-electron chi connectivity index (χ4n) is 4.28. The van der Waals surface area contributed by atoms with E-state index in [9.17, 15) is 9.59 Å². The van der Waals surface area contributed by atoms with E-state index in [1.165, 1.54) is 0 Å². The van der Waals surface area contributed by atoms with Crippen molar-refractivity contribution in [2.75, 3.05) is 40.6 Å². The number of unbranched alkanes of at least 4 members (excludes halogenated alkanes) is 6. The zero-order valence-corrected chi connectivity index (χ0v) is 25.6. The summed E-state index contributed by atoms with van der Waals surface area (Å²) in [4.78, 5) is 25.4. The van der Waals surface area contributed by atoms with Gasteiger partial charge in [0.25, 0.3) is 0 Å². The fraction of sp³-hybridized carbons (Fsp3) is 0.429. The number of ether oxygens (including phenoxy) is 6. The van der Waals surface area contributed by atoms with Crippen molar-refractivity contribution >= 4 is 11.9 Å². The Kier molecular flexibility index (Phi) is 15.1. The lowest BCUT2D eigenvalue weighted by Crippen LogP contribution is -2.10. The second-order valence-electron chi connectivity index (χ2n) is 10.3. The van der Waals surface area contributed by atoms with Gasteiger partial charge in [0.05, 0.1) is 24.3 Å². The first-order chi connectivity index (χ1) is 21.0. The first-order valence-corrected chi connectivity index (χ1v) is 15.0. The maximum absolute atomic E-state index is 12.7. The zero-order chi connectivity index (χ0) is 30.7. The standard InChI is InChI=1S/C35H44O8/c1-27-26-32(42-34(36)28-12-16-30(17-13-28)40-24-10-6-4-8-22-38-2)20-21-33(27)43-35(37)29-14-18-31(19-15-29)41-25-11-7-5-9-23-39-3/h12-21,26H,4-11,22-25H2,1-3H3. The maximum atomic E-state index is 12.7. The van der Waals surface area contributed by atoms with E-state index in [1.54, 1.807) is 87.9 Å². The molecule has 0 unspecified atom stereocenters. The van der Waals surface area contributed by atoms with Crippen LogP contribution in [0.4, 0.5) is 0 Å². The van der Waals surface area contributed by atoms with Gasteiger partial charge in [-0.25, -0.2) is 9.59 Å². The summed E-state index contributed by atoms with van der Waals surface area (Å²) in [7, 11) is 3.43. The lowest BCUT2D eigenvalue weighted by Gasteiger charge is -2.11. The molecular weight excluding hydrogens is 548 g/mol. The summed E-state index contributed by atoms with van der Waals surface area (Å²) in [5.74, 6) is 1.20. The summed E-state index contributed by atoms with van der Waals surface area (Å²) in [5.41, 5.74) is 1.49. The molecule has 0 amide bonds. The summed E-state index contributed by atoms with van der Waals surface area (Å²) >= 11 is 0. The molecule has 3 aromatic rings. The second-order valence-corrected chi connectivity index (χ2v) is 10.3. The molecule has 8 heteroatoms. The van der Waals surface area contributed by atoms with E-state index in [1.807, 2.05) is 0 Å². The van der Waals surface area contributed by atoms with E-state index in [2.05, 4.69) is 0 Å². The lowest BCUT2D eigenvalue weighted by molar-refractivity contribution is 0.0718. The molecule has 0 atom stereocenters. The SMILES string of the molecule is COCCCCCCOc1ccc(C(=O)Oc2ccc(OC(=O)c3ccc(OCCCCCCOC)cc3)c(C)c2)cc1. The van der Waals surface area contributed by atoms with Crippen molar-refractivity contribution < 1.29 is 38.0 Å². The molecule has 0 bridgehead atoms. The number of aryl methyl sites for hydroxylation is 1. The number of hydrogen-bond acceptors (Lipinski definition) is 8. The van der Waals surface area contributed by atoms with Crippen LogP contribution in [0.1, 0.15) is 77.6 Å². The van der Waals surface area contributed by atoms with E-state index in [0.29, 0.717) is 52.9 Å². The minimum atomic E-state index is -0.484. The predicted octanol–water partition coefficient (Wildman–Crippen LogP) is 7.60. The van der Waals surface area contributed by atoms with Crippen LogP contribution in [-0.2, 0) is 9.47 Å². The van der Waals surface area contributed by atoms with Gasteiger partial charge in [-0.2, -0.15) is 0 Å². The number of carbonyl (C=O) groups is 2. The van der Waals surface area contributed by atoms with E-state index < -0.39 is 11.9 Å². The molecule has 3 rings (SSSR count). The highest BCUT2D eigenvalue weighted by molar-refractivity contribution is 5.92. The fourth-order valence-corrected chi connectivity index (χ4v) is 4.28. The van der Waals surface area contributed by atoms with Gasteiger partial charge in [-0.15, -0.1) is 0 Å². The molecule has 0 aliphatic heterocycles. The summed E-state index contributed by atoms with van der Waals surface area (Å²) in [6.07, 6.45) is 8.46. The molecular formula is C35H44O8. The van der Waals surface area contributed by atoms with E-state index in [-0.39, 0.29) is 0 Å². The molecule has 0 aliphatic rings. The molecule has 43 heavy (non-hydrogen) atoms. The second kappa shape index (κ2) is 19.3. The smallest absolute Gasteiger partial charge is 0.343 e. The van der Waals surface area contributed by atoms with Gasteiger partial charge in [0.15, 0.2) is 0 Å². The third kappa shape index (κ3) is 12.5. The summed E-state index contributed by atoms with van der Waals surface area (Å²) in [6, 6.07) is 18.7. The average Bonchev–Trinajstić information content (AvgIpc) is 3.02. The van der Waals surface area contributed by atoms with Crippen LogP contribution in [0.3, 0.4) is 0 Å². The molecule has 0 saturated carbocycles. The van der Waals surface area contributed by atoms with Gasteiger partial charge < -0.3 is 28.4 Å². The molecule has 0 saturated heterocycles. The summed E-state index contributed by atoms with van der Waals surface area (Å²) < 4.78 is 32.8. The van der Waals surface area contributed by atoms with Crippen LogP contribution in [0.15, 0.2) is 66.7 Å². The number of rotatable bonds is 20. The molecule has 0 radical (unpaired) electrons. The van der Waals surface area contributed by atoms with Gasteiger partial charge >= 0.3 is 11.9 Å². The average molecular weight is 593 g/mol. The van der Waals surface area contributed by atoms with Crippen LogP contribution in [0, 0.1) is 6.92 Å². The number of methoxy groups -OCH3 is 2. The molecule has 0 N–H and O–H groups in total. The molecule has 232 valence electrons. The Balaban J connectivity index is 1.42. The van der Waals surface area contributed by atoms with Gasteiger partial charge in [0, 0.05) is 27.4 Å². The van der Waals surface area contributed by atoms with Crippen molar-refractivity contribution in [3.05, 3.63) is 83.4 Å². The summed E-state index contributed by atoms with van der Waals surface area (Å²) in [6.45, 7) is 4.62. The van der Waals surface area contributed by atoms with Crippen molar-refractivity contribution in [2.24, 2.45) is 0 Å². The highest BCUT2D eigenvalue weighted by atomic mass is 16.5. The minimum absolute atomic E-state index is 0.358. The van der Waals surface area contributed by atoms with Crippen molar-refractivity contribution in [3.8, 4) is 23.0 Å². The van der Waals surface area contributed by atoms with E-state index >= 15 is 0 Å². The summed E-state index contributed by atoms with van der Waals surface area (Å²) in [5, 5.41) is 0. The third-order valence-electron chi connectivity index (χ3n) is 6.76. The predicted molar refractivity (Wildman–Crippen MR) is 166 cm³/mol. The molecule has 0 aliphatic carbocycles. The highest BCUT2D eigenvalue weighted by Crippen LogP contribution is 2.26. The Bertz CT molecular complexity index is 1240. The normalized spacial score (nSPS) is 10.8. The topological polar surface area (TPSA) is 89.5 Å². The number of carbonyl (C=O) groups excluding carboxylic acids is 2. The largest absolute Gasteiger partial charge is 0.494 e. The Morgan fingerprint density at radius 2 is 0.930 bits per heavy atom. The van der Waals surface area contributed by atoms with Crippen LogP contribution in [0.2, 0.25) is 0 Å². The number of esters is 2. The maximum Gasteiger partial charge on any atom is 0.343 e. The number of hydrogen-bond donors (Lipinski definition) is 0. The molecule has 0 aromatic heterocycles. The molecule has 3 aromatic carbocycles. The van der Waals surface area contributed by atoms with Crippen molar-refractivity contribution in [1.82, 2.24) is 0 Å². The lowest BCUT2D eigenvalue weighted by atomic mass is 10.2. The zero-order valence-electron chi connectivity index (χ0n) is 25.6. The van der Waals surface area contributed by atoms with Crippen LogP contribution in [0.25, 0.3) is 0 Å². The Hall–Kier alpha value is -3.88. The van der Waals surface area contributed by atoms with Gasteiger partial charge in [0.1, 0.15) is 23.0 Å². The van der Waals surface area contributed by atoms with Gasteiger partial charge in [-0.05, 0) is 118 Å². The minimum Gasteiger partial charge on any atom is -0.494 e. The molecule has 0 fully saturated rings. The monoisotopic (exact) mass is 592 g/mol. The molecule has 0 heterocycles. The number of benzene rings is 3. The van der Waals surface area contributed by atoms with Crippen LogP contribution in [0.5, 0.6) is 23.0 Å². The molecule has 8 nitrogen and oxygen atoms in total. The third-order valence-corrected chi connectivity index (χ3v) is 6.76. The van der Waals surface area contributed by atoms with E-state index in [0.717, 1.165) is 64.6 Å². The van der Waals surface area contributed by atoms with Gasteiger partial charge in [-0.1, -0.05) is 12.8 Å². The van der Waals surface area contributed by atoms with Crippen LogP contribution < -0.4 is 18.9 Å². The quantitative estimate of drug-likeness (QED) is 0.0753. The van der Waals surface area contributed by atoms with Crippen LogP contribution in [-0.4, -0.2) is 52.6 Å². The van der Waals surface area contributed by atoms with Crippen molar-refractivity contribution in [3.63, 3.8) is 0 Å². The Morgan fingerprint density at radius 3 is 1.37 bits per heavy atom. The Labute approximate surface area is 255 Å². The van der Waals surface area contributed by atoms with E-state index in [4.69, 9.17) is 28.4 Å². The van der Waals surface area contributed by atoms with Crippen molar-refractivity contribution in [1.29, 1.82) is 0 Å². The van der Waals surface area contributed by atoms with Crippen molar-refractivity contribution in [2.45, 2.75) is 58.3 Å². The highest BCUT2D eigenvalue weighted by Gasteiger charge is 2.14. The molecule has 0 spiro atoms.